The van der Waals surface area contributed by atoms with Gasteiger partial charge in [0.1, 0.15) is 0 Å². The first-order valence-corrected chi connectivity index (χ1v) is 5.84. The Labute approximate surface area is 89.3 Å². The maximum atomic E-state index is 5.95. The van der Waals surface area contributed by atoms with Crippen LogP contribution < -0.4 is 5.73 Å². The van der Waals surface area contributed by atoms with Gasteiger partial charge in [-0.25, -0.2) is 4.98 Å². The SMILES string of the molecule is CCCc1nc(C(N)CCOC)cs1. The van der Waals surface area contributed by atoms with Crippen LogP contribution in [-0.2, 0) is 11.2 Å². The summed E-state index contributed by atoms with van der Waals surface area (Å²) in [5.74, 6) is 0. The van der Waals surface area contributed by atoms with E-state index < -0.39 is 0 Å². The number of aryl methyl sites for hydroxylation is 1. The lowest BCUT2D eigenvalue weighted by Gasteiger charge is -2.06. The molecule has 0 saturated heterocycles. The number of nitrogens with two attached hydrogens (primary N) is 1. The molecular formula is C10H18N2OS. The van der Waals surface area contributed by atoms with Crippen LogP contribution in [0.4, 0.5) is 0 Å². The Morgan fingerprint density at radius 3 is 3.07 bits per heavy atom. The molecule has 1 heterocycles. The third-order valence-corrected chi connectivity index (χ3v) is 2.97. The predicted octanol–water partition coefficient (Wildman–Crippen LogP) is 2.13. The summed E-state index contributed by atoms with van der Waals surface area (Å²) >= 11 is 1.70. The zero-order valence-corrected chi connectivity index (χ0v) is 9.64. The van der Waals surface area contributed by atoms with Crippen molar-refractivity contribution in [3.63, 3.8) is 0 Å². The van der Waals surface area contributed by atoms with Gasteiger partial charge in [-0.3, -0.25) is 0 Å². The highest BCUT2D eigenvalue weighted by Crippen LogP contribution is 2.18. The molecule has 0 aliphatic carbocycles. The van der Waals surface area contributed by atoms with Gasteiger partial charge in [-0.05, 0) is 19.3 Å². The van der Waals surface area contributed by atoms with Crippen molar-refractivity contribution in [1.29, 1.82) is 0 Å². The van der Waals surface area contributed by atoms with Gasteiger partial charge in [0, 0.05) is 19.1 Å². The predicted molar refractivity (Wildman–Crippen MR) is 59.5 cm³/mol. The van der Waals surface area contributed by atoms with Crippen molar-refractivity contribution in [2.45, 2.75) is 32.2 Å². The second kappa shape index (κ2) is 6.11. The van der Waals surface area contributed by atoms with Crippen LogP contribution in [0, 0.1) is 0 Å². The smallest absolute Gasteiger partial charge is 0.0928 e. The summed E-state index contributed by atoms with van der Waals surface area (Å²) in [6.45, 7) is 2.85. The normalized spacial score (nSPS) is 13.1. The lowest BCUT2D eigenvalue weighted by atomic mass is 10.2. The fourth-order valence-corrected chi connectivity index (χ4v) is 2.18. The number of hydrogen-bond donors (Lipinski definition) is 1. The van der Waals surface area contributed by atoms with Gasteiger partial charge in [0.25, 0.3) is 0 Å². The molecule has 0 spiro atoms. The average molecular weight is 214 g/mol. The maximum absolute atomic E-state index is 5.95. The van der Waals surface area contributed by atoms with Crippen molar-refractivity contribution in [1.82, 2.24) is 4.98 Å². The monoisotopic (exact) mass is 214 g/mol. The summed E-state index contributed by atoms with van der Waals surface area (Å²) in [7, 11) is 1.69. The zero-order chi connectivity index (χ0) is 10.4. The van der Waals surface area contributed by atoms with Crippen LogP contribution in [0.5, 0.6) is 0 Å². The lowest BCUT2D eigenvalue weighted by Crippen LogP contribution is -2.13. The van der Waals surface area contributed by atoms with Crippen molar-refractivity contribution in [3.8, 4) is 0 Å². The van der Waals surface area contributed by atoms with Crippen LogP contribution in [0.1, 0.15) is 36.5 Å². The van der Waals surface area contributed by atoms with Crippen LogP contribution in [0.25, 0.3) is 0 Å². The number of ether oxygens (including phenoxy) is 1. The van der Waals surface area contributed by atoms with Gasteiger partial charge in [-0.1, -0.05) is 6.92 Å². The molecule has 0 radical (unpaired) electrons. The van der Waals surface area contributed by atoms with Crippen LogP contribution in [0.15, 0.2) is 5.38 Å². The van der Waals surface area contributed by atoms with E-state index in [1.54, 1.807) is 18.4 Å². The fraction of sp³-hybridized carbons (Fsp3) is 0.700. The van der Waals surface area contributed by atoms with E-state index in [0.717, 1.165) is 25.0 Å². The molecule has 14 heavy (non-hydrogen) atoms. The van der Waals surface area contributed by atoms with E-state index >= 15 is 0 Å². The van der Waals surface area contributed by atoms with Crippen molar-refractivity contribution >= 4 is 11.3 Å². The summed E-state index contributed by atoms with van der Waals surface area (Å²) in [4.78, 5) is 4.49. The molecule has 3 nitrogen and oxygen atoms in total. The molecule has 0 amide bonds. The molecule has 1 unspecified atom stereocenters. The van der Waals surface area contributed by atoms with Crippen molar-refractivity contribution in [2.75, 3.05) is 13.7 Å². The summed E-state index contributed by atoms with van der Waals surface area (Å²) in [5.41, 5.74) is 6.96. The Morgan fingerprint density at radius 1 is 1.64 bits per heavy atom. The minimum absolute atomic E-state index is 0.0248. The molecule has 2 N–H and O–H groups in total. The van der Waals surface area contributed by atoms with E-state index in [4.69, 9.17) is 10.5 Å². The van der Waals surface area contributed by atoms with Gasteiger partial charge in [0.15, 0.2) is 0 Å². The van der Waals surface area contributed by atoms with E-state index in [1.807, 2.05) is 0 Å². The number of thiazole rings is 1. The molecule has 1 atom stereocenters. The topological polar surface area (TPSA) is 48.1 Å². The van der Waals surface area contributed by atoms with Gasteiger partial charge in [-0.2, -0.15) is 0 Å². The number of rotatable bonds is 6. The first-order valence-electron chi connectivity index (χ1n) is 4.96. The Kier molecular flexibility index (Phi) is 5.07. The number of aromatic nitrogens is 1. The molecule has 0 bridgehead atoms. The second-order valence-corrected chi connectivity index (χ2v) is 4.25. The molecule has 1 aromatic heterocycles. The average Bonchev–Trinajstić information content (AvgIpc) is 2.63. The summed E-state index contributed by atoms with van der Waals surface area (Å²) in [6, 6.07) is 0.0248. The van der Waals surface area contributed by atoms with Gasteiger partial charge in [0.2, 0.25) is 0 Å². The lowest BCUT2D eigenvalue weighted by molar-refractivity contribution is 0.187. The largest absolute Gasteiger partial charge is 0.385 e. The van der Waals surface area contributed by atoms with Crippen LogP contribution >= 0.6 is 11.3 Å². The Balaban J connectivity index is 2.48. The number of nitrogens with zero attached hydrogens (tertiary/aromatic N) is 1. The standard InChI is InChI=1S/C10H18N2OS/c1-3-4-10-12-9(7-14-10)8(11)5-6-13-2/h7-8H,3-6,11H2,1-2H3. The first-order chi connectivity index (χ1) is 6.77. The Hall–Kier alpha value is -0.450. The van der Waals surface area contributed by atoms with E-state index in [2.05, 4.69) is 17.3 Å². The molecule has 80 valence electrons. The molecule has 0 saturated carbocycles. The van der Waals surface area contributed by atoms with Crippen molar-refractivity contribution in [3.05, 3.63) is 16.1 Å². The van der Waals surface area contributed by atoms with Gasteiger partial charge in [0.05, 0.1) is 16.7 Å². The van der Waals surface area contributed by atoms with Gasteiger partial charge in [-0.15, -0.1) is 11.3 Å². The minimum atomic E-state index is 0.0248. The van der Waals surface area contributed by atoms with Crippen molar-refractivity contribution in [2.24, 2.45) is 5.73 Å². The highest BCUT2D eigenvalue weighted by molar-refractivity contribution is 7.09. The number of methoxy groups -OCH3 is 1. The molecule has 0 aliphatic heterocycles. The maximum Gasteiger partial charge on any atom is 0.0928 e. The minimum Gasteiger partial charge on any atom is -0.385 e. The molecule has 1 aromatic rings. The van der Waals surface area contributed by atoms with Crippen LogP contribution in [0.3, 0.4) is 0 Å². The summed E-state index contributed by atoms with van der Waals surface area (Å²) in [6.07, 6.45) is 3.04. The third kappa shape index (κ3) is 3.36. The highest BCUT2D eigenvalue weighted by atomic mass is 32.1. The Bertz CT molecular complexity index is 262. The zero-order valence-electron chi connectivity index (χ0n) is 8.82. The first kappa shape index (κ1) is 11.6. The molecule has 0 aromatic carbocycles. The van der Waals surface area contributed by atoms with Gasteiger partial charge >= 0.3 is 0 Å². The summed E-state index contributed by atoms with van der Waals surface area (Å²) in [5, 5.41) is 3.25. The fourth-order valence-electron chi connectivity index (χ4n) is 1.22. The highest BCUT2D eigenvalue weighted by Gasteiger charge is 2.09. The van der Waals surface area contributed by atoms with E-state index in [0.29, 0.717) is 6.61 Å². The summed E-state index contributed by atoms with van der Waals surface area (Å²) < 4.78 is 4.98. The molecule has 0 aliphatic rings. The van der Waals surface area contributed by atoms with Crippen LogP contribution in [0.2, 0.25) is 0 Å². The van der Waals surface area contributed by atoms with Gasteiger partial charge < -0.3 is 10.5 Å². The van der Waals surface area contributed by atoms with E-state index in [-0.39, 0.29) is 6.04 Å². The van der Waals surface area contributed by atoms with E-state index in [9.17, 15) is 0 Å². The third-order valence-electron chi connectivity index (χ3n) is 2.05. The van der Waals surface area contributed by atoms with E-state index in [1.165, 1.54) is 5.01 Å². The quantitative estimate of drug-likeness (QED) is 0.789. The molecule has 1 rings (SSSR count). The molecular weight excluding hydrogens is 196 g/mol. The van der Waals surface area contributed by atoms with Crippen molar-refractivity contribution < 1.29 is 4.74 Å². The second-order valence-electron chi connectivity index (χ2n) is 3.30. The number of hydrogen-bond acceptors (Lipinski definition) is 4. The molecule has 4 heteroatoms. The van der Waals surface area contributed by atoms with Crippen LogP contribution in [-0.4, -0.2) is 18.7 Å². The Morgan fingerprint density at radius 2 is 2.43 bits per heavy atom. The molecule has 0 fully saturated rings.